The zero-order chi connectivity index (χ0) is 9.42. The van der Waals surface area contributed by atoms with Gasteiger partial charge in [-0.2, -0.15) is 0 Å². The second-order valence-electron chi connectivity index (χ2n) is 5.42. The van der Waals surface area contributed by atoms with Gasteiger partial charge in [-0.25, -0.2) is 0 Å². The zero-order valence-electron chi connectivity index (χ0n) is 9.22. The molecule has 1 heterocycles. The average Bonchev–Trinajstić information content (AvgIpc) is 2.09. The Balaban J connectivity index is 2.04. The van der Waals surface area contributed by atoms with Gasteiger partial charge in [-0.05, 0) is 49.5 Å². The lowest BCUT2D eigenvalue weighted by molar-refractivity contribution is 0.0871. The monoisotopic (exact) mass is 181 g/mol. The predicted octanol–water partition coefficient (Wildman–Crippen LogP) is 2.67. The summed E-state index contributed by atoms with van der Waals surface area (Å²) in [5.41, 5.74) is 0. The van der Waals surface area contributed by atoms with Crippen molar-refractivity contribution in [2.24, 2.45) is 23.7 Å². The van der Waals surface area contributed by atoms with E-state index in [0.29, 0.717) is 0 Å². The van der Waals surface area contributed by atoms with Crippen molar-refractivity contribution >= 4 is 0 Å². The SMILES string of the molecule is CC1CC2NCCC(C)C2CC1C. The van der Waals surface area contributed by atoms with Gasteiger partial charge in [0.05, 0.1) is 0 Å². The molecule has 0 aromatic rings. The highest BCUT2D eigenvalue weighted by Gasteiger charge is 2.37. The highest BCUT2D eigenvalue weighted by atomic mass is 14.9. The van der Waals surface area contributed by atoms with Gasteiger partial charge in [0, 0.05) is 6.04 Å². The summed E-state index contributed by atoms with van der Waals surface area (Å²) in [6, 6.07) is 0.843. The van der Waals surface area contributed by atoms with E-state index in [1.807, 2.05) is 0 Å². The average molecular weight is 181 g/mol. The maximum atomic E-state index is 3.70. The van der Waals surface area contributed by atoms with Gasteiger partial charge >= 0.3 is 0 Å². The third-order valence-corrected chi connectivity index (χ3v) is 4.50. The van der Waals surface area contributed by atoms with Crippen LogP contribution < -0.4 is 5.32 Å². The molecule has 0 amide bonds. The molecule has 1 heteroatoms. The Morgan fingerprint density at radius 2 is 1.62 bits per heavy atom. The molecular weight excluding hydrogens is 158 g/mol. The van der Waals surface area contributed by atoms with Crippen LogP contribution in [0.15, 0.2) is 0 Å². The third kappa shape index (κ3) is 1.76. The lowest BCUT2D eigenvalue weighted by atomic mass is 9.66. The zero-order valence-corrected chi connectivity index (χ0v) is 9.22. The second kappa shape index (κ2) is 3.61. The highest BCUT2D eigenvalue weighted by molar-refractivity contribution is 4.92. The number of rotatable bonds is 0. The number of nitrogens with one attached hydrogen (secondary N) is 1. The lowest BCUT2D eigenvalue weighted by Crippen LogP contribution is -2.50. The van der Waals surface area contributed by atoms with Crippen molar-refractivity contribution in [2.75, 3.05) is 6.54 Å². The third-order valence-electron chi connectivity index (χ3n) is 4.50. The van der Waals surface area contributed by atoms with Gasteiger partial charge < -0.3 is 5.32 Å². The topological polar surface area (TPSA) is 12.0 Å². The fourth-order valence-corrected chi connectivity index (χ4v) is 3.21. The summed E-state index contributed by atoms with van der Waals surface area (Å²) < 4.78 is 0. The van der Waals surface area contributed by atoms with Crippen molar-refractivity contribution in [3.05, 3.63) is 0 Å². The van der Waals surface area contributed by atoms with Crippen LogP contribution >= 0.6 is 0 Å². The summed E-state index contributed by atoms with van der Waals surface area (Å²) in [5.74, 6) is 3.81. The molecule has 0 spiro atoms. The van der Waals surface area contributed by atoms with Crippen LogP contribution in [-0.2, 0) is 0 Å². The van der Waals surface area contributed by atoms with Crippen LogP contribution in [0.4, 0.5) is 0 Å². The molecule has 2 aliphatic rings. The van der Waals surface area contributed by atoms with Crippen molar-refractivity contribution in [2.45, 2.75) is 46.1 Å². The first-order chi connectivity index (χ1) is 6.18. The minimum atomic E-state index is 0.843. The van der Waals surface area contributed by atoms with Crippen LogP contribution in [0.25, 0.3) is 0 Å². The first kappa shape index (κ1) is 9.51. The fourth-order valence-electron chi connectivity index (χ4n) is 3.21. The molecule has 1 nitrogen and oxygen atoms in total. The molecule has 0 bridgehead atoms. The molecule has 1 saturated carbocycles. The second-order valence-corrected chi connectivity index (χ2v) is 5.42. The van der Waals surface area contributed by atoms with Crippen molar-refractivity contribution < 1.29 is 0 Å². The van der Waals surface area contributed by atoms with Crippen LogP contribution in [0.2, 0.25) is 0 Å². The summed E-state index contributed by atoms with van der Waals surface area (Å²) in [4.78, 5) is 0. The van der Waals surface area contributed by atoms with E-state index in [4.69, 9.17) is 0 Å². The molecule has 76 valence electrons. The Morgan fingerprint density at radius 1 is 0.923 bits per heavy atom. The van der Waals surface area contributed by atoms with Crippen molar-refractivity contribution in [3.63, 3.8) is 0 Å². The van der Waals surface area contributed by atoms with E-state index >= 15 is 0 Å². The van der Waals surface area contributed by atoms with E-state index in [9.17, 15) is 0 Å². The Morgan fingerprint density at radius 3 is 2.38 bits per heavy atom. The molecule has 1 N–H and O–H groups in total. The predicted molar refractivity (Wildman–Crippen MR) is 56.6 cm³/mol. The molecule has 0 aromatic heterocycles. The van der Waals surface area contributed by atoms with Gasteiger partial charge in [-0.1, -0.05) is 20.8 Å². The van der Waals surface area contributed by atoms with Crippen LogP contribution in [0.1, 0.15) is 40.0 Å². The molecule has 1 aliphatic heterocycles. The van der Waals surface area contributed by atoms with Crippen molar-refractivity contribution in [1.82, 2.24) is 5.32 Å². The van der Waals surface area contributed by atoms with Gasteiger partial charge in [-0.15, -0.1) is 0 Å². The summed E-state index contributed by atoms with van der Waals surface area (Å²) in [5, 5.41) is 3.70. The molecule has 1 saturated heterocycles. The van der Waals surface area contributed by atoms with E-state index in [0.717, 1.165) is 29.7 Å². The largest absolute Gasteiger partial charge is 0.314 e. The van der Waals surface area contributed by atoms with Crippen LogP contribution in [0, 0.1) is 23.7 Å². The van der Waals surface area contributed by atoms with Gasteiger partial charge in [0.1, 0.15) is 0 Å². The molecule has 0 aromatic carbocycles. The first-order valence-electron chi connectivity index (χ1n) is 5.92. The van der Waals surface area contributed by atoms with Crippen LogP contribution in [0.5, 0.6) is 0 Å². The molecule has 5 unspecified atom stereocenters. The van der Waals surface area contributed by atoms with E-state index in [-0.39, 0.29) is 0 Å². The molecular formula is C12H23N. The Kier molecular flexibility index (Phi) is 2.64. The maximum absolute atomic E-state index is 3.70. The minimum Gasteiger partial charge on any atom is -0.314 e. The van der Waals surface area contributed by atoms with E-state index in [1.165, 1.54) is 25.8 Å². The summed E-state index contributed by atoms with van der Waals surface area (Å²) in [6.07, 6.45) is 4.26. The normalized spacial score (nSPS) is 51.5. The quantitative estimate of drug-likeness (QED) is 0.606. The molecule has 0 radical (unpaired) electrons. The number of piperidine rings is 1. The van der Waals surface area contributed by atoms with Crippen LogP contribution in [-0.4, -0.2) is 12.6 Å². The Bertz CT molecular complexity index is 178. The highest BCUT2D eigenvalue weighted by Crippen LogP contribution is 2.39. The molecule has 5 atom stereocenters. The van der Waals surface area contributed by atoms with Gasteiger partial charge in [0.2, 0.25) is 0 Å². The minimum absolute atomic E-state index is 0.843. The summed E-state index contributed by atoms with van der Waals surface area (Å²) >= 11 is 0. The van der Waals surface area contributed by atoms with E-state index < -0.39 is 0 Å². The number of hydrogen-bond donors (Lipinski definition) is 1. The van der Waals surface area contributed by atoms with Crippen molar-refractivity contribution in [1.29, 1.82) is 0 Å². The van der Waals surface area contributed by atoms with Gasteiger partial charge in [0.25, 0.3) is 0 Å². The first-order valence-corrected chi connectivity index (χ1v) is 5.92. The maximum Gasteiger partial charge on any atom is 0.0101 e. The Labute approximate surface area is 82.3 Å². The standard InChI is InChI=1S/C12H23N/c1-8-4-5-13-12-7-10(3)9(2)6-11(8)12/h8-13H,4-7H2,1-3H3. The lowest BCUT2D eigenvalue weighted by Gasteiger charge is -2.45. The Hall–Kier alpha value is -0.0400. The smallest absolute Gasteiger partial charge is 0.0101 e. The molecule has 2 fully saturated rings. The fraction of sp³-hybridized carbons (Fsp3) is 1.00. The molecule has 13 heavy (non-hydrogen) atoms. The molecule has 1 aliphatic carbocycles. The number of hydrogen-bond acceptors (Lipinski definition) is 1. The van der Waals surface area contributed by atoms with Crippen LogP contribution in [0.3, 0.4) is 0 Å². The number of fused-ring (bicyclic) bond motifs is 1. The van der Waals surface area contributed by atoms with Gasteiger partial charge in [-0.3, -0.25) is 0 Å². The molecule has 2 rings (SSSR count). The summed E-state index contributed by atoms with van der Waals surface area (Å²) in [7, 11) is 0. The van der Waals surface area contributed by atoms with Crippen molar-refractivity contribution in [3.8, 4) is 0 Å². The van der Waals surface area contributed by atoms with Gasteiger partial charge in [0.15, 0.2) is 0 Å². The van der Waals surface area contributed by atoms with E-state index in [1.54, 1.807) is 0 Å². The van der Waals surface area contributed by atoms with E-state index in [2.05, 4.69) is 26.1 Å². The summed E-state index contributed by atoms with van der Waals surface area (Å²) in [6.45, 7) is 8.55.